The highest BCUT2D eigenvalue weighted by atomic mass is 32.1. The molecule has 6 nitrogen and oxygen atoms in total. The minimum atomic E-state index is -0.354. The first-order valence-electron chi connectivity index (χ1n) is 9.40. The number of thiophene rings is 1. The number of hydrazine groups is 1. The fourth-order valence-electron chi connectivity index (χ4n) is 3.16. The second-order valence-corrected chi connectivity index (χ2v) is 7.60. The minimum Gasteiger partial charge on any atom is -0.378 e. The maximum atomic E-state index is 12.7. The van der Waals surface area contributed by atoms with Gasteiger partial charge in [0.25, 0.3) is 11.8 Å². The van der Waals surface area contributed by atoms with Crippen LogP contribution in [0.15, 0.2) is 66.7 Å². The topological polar surface area (TPSA) is 70.7 Å². The van der Waals surface area contributed by atoms with Crippen LogP contribution in [0.1, 0.15) is 20.0 Å². The van der Waals surface area contributed by atoms with Crippen LogP contribution in [0.4, 0.5) is 5.00 Å². The highest BCUT2D eigenvalue weighted by Gasteiger charge is 2.22. The fraction of sp³-hybridized carbons (Fsp3) is 0.182. The molecule has 4 rings (SSSR count). The van der Waals surface area contributed by atoms with E-state index in [0.29, 0.717) is 23.7 Å². The Balaban J connectivity index is 1.54. The summed E-state index contributed by atoms with van der Waals surface area (Å²) in [5.41, 5.74) is 7.55. The number of rotatable bonds is 4. The van der Waals surface area contributed by atoms with Gasteiger partial charge >= 0.3 is 0 Å². The van der Waals surface area contributed by atoms with E-state index in [1.54, 1.807) is 24.3 Å². The Hall–Kier alpha value is -3.16. The summed E-state index contributed by atoms with van der Waals surface area (Å²) in [4.78, 5) is 27.7. The Morgan fingerprint density at radius 2 is 1.48 bits per heavy atom. The molecule has 0 radical (unpaired) electrons. The summed E-state index contributed by atoms with van der Waals surface area (Å²) in [6.07, 6.45) is 0. The van der Waals surface area contributed by atoms with E-state index in [0.717, 1.165) is 29.2 Å². The second-order valence-electron chi connectivity index (χ2n) is 6.57. The number of carbonyl (C=O) groups excluding carboxylic acids is 2. The Bertz CT molecular complexity index is 983. The van der Waals surface area contributed by atoms with E-state index in [9.17, 15) is 9.59 Å². The van der Waals surface area contributed by atoms with Crippen LogP contribution in [0.25, 0.3) is 11.1 Å². The van der Waals surface area contributed by atoms with E-state index in [2.05, 4.69) is 15.8 Å². The zero-order valence-electron chi connectivity index (χ0n) is 15.8. The normalized spacial score (nSPS) is 13.7. The average molecular weight is 407 g/mol. The number of hydrogen-bond donors (Lipinski definition) is 2. The van der Waals surface area contributed by atoms with Crippen LogP contribution in [-0.4, -0.2) is 38.1 Å². The first kappa shape index (κ1) is 19.2. The van der Waals surface area contributed by atoms with Crippen molar-refractivity contribution in [2.24, 2.45) is 0 Å². The lowest BCUT2D eigenvalue weighted by molar-refractivity contribution is 0.0849. The summed E-state index contributed by atoms with van der Waals surface area (Å²) in [5.74, 6) is -0.692. The first-order chi connectivity index (χ1) is 14.2. The van der Waals surface area contributed by atoms with Crippen molar-refractivity contribution in [3.05, 3.63) is 77.2 Å². The van der Waals surface area contributed by atoms with Gasteiger partial charge in [-0.05, 0) is 23.8 Å². The molecule has 0 unspecified atom stereocenters. The van der Waals surface area contributed by atoms with Crippen LogP contribution in [-0.2, 0) is 4.74 Å². The highest BCUT2D eigenvalue weighted by molar-refractivity contribution is 7.18. The predicted molar refractivity (Wildman–Crippen MR) is 114 cm³/mol. The Morgan fingerprint density at radius 3 is 2.17 bits per heavy atom. The van der Waals surface area contributed by atoms with Crippen molar-refractivity contribution >= 4 is 28.2 Å². The number of ether oxygens (including phenoxy) is 1. The molecule has 0 spiro atoms. The SMILES string of the molecule is O=C(NNC(=O)c1cc(-c2ccccc2)c(N2CCOCC2)s1)c1ccccc1. The van der Waals surface area contributed by atoms with Crippen LogP contribution < -0.4 is 15.8 Å². The van der Waals surface area contributed by atoms with Gasteiger partial charge in [-0.25, -0.2) is 0 Å². The third-order valence-corrected chi connectivity index (χ3v) is 5.84. The molecule has 2 heterocycles. The second kappa shape index (κ2) is 8.89. The lowest BCUT2D eigenvalue weighted by atomic mass is 10.1. The van der Waals surface area contributed by atoms with Crippen molar-refractivity contribution < 1.29 is 14.3 Å². The zero-order valence-corrected chi connectivity index (χ0v) is 16.6. The molecule has 2 N–H and O–H groups in total. The van der Waals surface area contributed by atoms with Crippen LogP contribution in [0, 0.1) is 0 Å². The van der Waals surface area contributed by atoms with Gasteiger partial charge in [0.1, 0.15) is 0 Å². The Labute approximate surface area is 173 Å². The maximum absolute atomic E-state index is 12.7. The monoisotopic (exact) mass is 407 g/mol. The molecule has 2 amide bonds. The number of amides is 2. The summed E-state index contributed by atoms with van der Waals surface area (Å²) in [7, 11) is 0. The average Bonchev–Trinajstić information content (AvgIpc) is 3.25. The van der Waals surface area contributed by atoms with E-state index in [4.69, 9.17) is 4.74 Å². The number of morpholine rings is 1. The van der Waals surface area contributed by atoms with E-state index in [1.165, 1.54) is 11.3 Å². The standard InChI is InChI=1S/C22H21N3O3S/c26-20(17-9-5-2-6-10-17)23-24-21(27)19-15-18(16-7-3-1-4-8-16)22(29-19)25-11-13-28-14-12-25/h1-10,15H,11-14H2,(H,23,26)(H,24,27). The molecular weight excluding hydrogens is 386 g/mol. The largest absolute Gasteiger partial charge is 0.378 e. The van der Waals surface area contributed by atoms with Gasteiger partial charge in [0, 0.05) is 24.2 Å². The third kappa shape index (κ3) is 4.47. The zero-order chi connectivity index (χ0) is 20.1. The quantitative estimate of drug-likeness (QED) is 0.651. The van der Waals surface area contributed by atoms with Gasteiger partial charge in [0.15, 0.2) is 0 Å². The van der Waals surface area contributed by atoms with Crippen LogP contribution in [0.5, 0.6) is 0 Å². The Kier molecular flexibility index (Phi) is 5.88. The van der Waals surface area contributed by atoms with Crippen molar-refractivity contribution in [1.29, 1.82) is 0 Å². The highest BCUT2D eigenvalue weighted by Crippen LogP contribution is 2.39. The van der Waals surface area contributed by atoms with E-state index >= 15 is 0 Å². The van der Waals surface area contributed by atoms with Crippen molar-refractivity contribution in [1.82, 2.24) is 10.9 Å². The molecule has 0 bridgehead atoms. The fourth-order valence-corrected chi connectivity index (χ4v) is 4.28. The summed E-state index contributed by atoms with van der Waals surface area (Å²) in [6.45, 7) is 2.90. The molecule has 1 saturated heterocycles. The molecular formula is C22H21N3O3S. The minimum absolute atomic E-state index is 0.337. The van der Waals surface area contributed by atoms with Gasteiger partial charge in [0.2, 0.25) is 0 Å². The maximum Gasteiger partial charge on any atom is 0.279 e. The van der Waals surface area contributed by atoms with Crippen molar-refractivity contribution in [3.63, 3.8) is 0 Å². The van der Waals surface area contributed by atoms with Gasteiger partial charge in [-0.2, -0.15) is 0 Å². The third-order valence-electron chi connectivity index (χ3n) is 4.64. The molecule has 1 aliphatic heterocycles. The summed E-state index contributed by atoms with van der Waals surface area (Å²) in [5, 5.41) is 1.04. The Morgan fingerprint density at radius 1 is 0.862 bits per heavy atom. The van der Waals surface area contributed by atoms with Crippen LogP contribution in [0.2, 0.25) is 0 Å². The smallest absolute Gasteiger partial charge is 0.279 e. The number of nitrogens with one attached hydrogen (secondary N) is 2. The molecule has 7 heteroatoms. The molecule has 3 aromatic rings. The van der Waals surface area contributed by atoms with Gasteiger partial charge in [-0.15, -0.1) is 11.3 Å². The number of anilines is 1. The molecule has 29 heavy (non-hydrogen) atoms. The summed E-state index contributed by atoms with van der Waals surface area (Å²) < 4.78 is 5.46. The van der Waals surface area contributed by atoms with E-state index < -0.39 is 0 Å². The summed E-state index contributed by atoms with van der Waals surface area (Å²) in [6, 6.07) is 20.6. The van der Waals surface area contributed by atoms with Crippen molar-refractivity contribution in [3.8, 4) is 11.1 Å². The van der Waals surface area contributed by atoms with Gasteiger partial charge < -0.3 is 9.64 Å². The predicted octanol–water partition coefficient (Wildman–Crippen LogP) is 3.33. The lowest BCUT2D eigenvalue weighted by Gasteiger charge is -2.28. The first-order valence-corrected chi connectivity index (χ1v) is 10.2. The molecule has 2 aromatic carbocycles. The lowest BCUT2D eigenvalue weighted by Crippen LogP contribution is -2.41. The van der Waals surface area contributed by atoms with Crippen molar-refractivity contribution in [2.45, 2.75) is 0 Å². The van der Waals surface area contributed by atoms with Gasteiger partial charge in [0.05, 0.1) is 23.1 Å². The molecule has 0 saturated carbocycles. The molecule has 0 atom stereocenters. The molecule has 1 aromatic heterocycles. The van der Waals surface area contributed by atoms with Crippen LogP contribution in [0.3, 0.4) is 0 Å². The van der Waals surface area contributed by atoms with E-state index in [1.807, 2.05) is 42.5 Å². The van der Waals surface area contributed by atoms with Gasteiger partial charge in [-0.3, -0.25) is 20.4 Å². The molecule has 1 fully saturated rings. The van der Waals surface area contributed by atoms with E-state index in [-0.39, 0.29) is 11.8 Å². The molecule has 0 aliphatic carbocycles. The molecule has 148 valence electrons. The number of carbonyl (C=O) groups is 2. The number of hydrogen-bond acceptors (Lipinski definition) is 5. The summed E-state index contributed by atoms with van der Waals surface area (Å²) >= 11 is 1.42. The number of benzene rings is 2. The molecule has 1 aliphatic rings. The van der Waals surface area contributed by atoms with Crippen LogP contribution >= 0.6 is 11.3 Å². The number of nitrogens with zero attached hydrogens (tertiary/aromatic N) is 1. The van der Waals surface area contributed by atoms with Crippen molar-refractivity contribution in [2.75, 3.05) is 31.2 Å². The van der Waals surface area contributed by atoms with Gasteiger partial charge in [-0.1, -0.05) is 48.5 Å².